The van der Waals surface area contributed by atoms with Gasteiger partial charge in [0.2, 0.25) is 0 Å². The van der Waals surface area contributed by atoms with Gasteiger partial charge in [0.05, 0.1) is 0 Å². The lowest BCUT2D eigenvalue weighted by Crippen LogP contribution is -1.95. The Morgan fingerprint density at radius 1 is 0.923 bits per heavy atom. The highest BCUT2D eigenvalue weighted by molar-refractivity contribution is 7.16. The summed E-state index contributed by atoms with van der Waals surface area (Å²) in [5, 5.41) is 0. The fourth-order valence-corrected chi connectivity index (χ4v) is 2.27. The fourth-order valence-electron chi connectivity index (χ4n) is 1.70. The van der Waals surface area contributed by atoms with Crippen molar-refractivity contribution in [2.45, 2.75) is 65.2 Å². The van der Waals surface area contributed by atoms with Crippen molar-refractivity contribution in [2.75, 3.05) is 6.16 Å². The van der Waals surface area contributed by atoms with E-state index in [-0.39, 0.29) is 0 Å². The van der Waals surface area contributed by atoms with E-state index < -0.39 is 0 Å². The molecule has 0 bridgehead atoms. The van der Waals surface area contributed by atoms with Gasteiger partial charge in [0, 0.05) is 0 Å². The Morgan fingerprint density at radius 3 is 2.15 bits per heavy atom. The summed E-state index contributed by atoms with van der Waals surface area (Å²) in [6, 6.07) is 0. The van der Waals surface area contributed by atoms with Crippen molar-refractivity contribution in [1.29, 1.82) is 0 Å². The van der Waals surface area contributed by atoms with Crippen LogP contribution in [0.4, 0.5) is 0 Å². The lowest BCUT2D eigenvalue weighted by atomic mass is 10.00. The van der Waals surface area contributed by atoms with Crippen LogP contribution in [-0.2, 0) is 0 Å². The molecule has 0 radical (unpaired) electrons. The summed E-state index contributed by atoms with van der Waals surface area (Å²) in [6.45, 7) is 4.66. The van der Waals surface area contributed by atoms with Crippen LogP contribution in [0.5, 0.6) is 0 Å². The van der Waals surface area contributed by atoms with Gasteiger partial charge in [0.1, 0.15) is 0 Å². The van der Waals surface area contributed by atoms with E-state index in [9.17, 15) is 0 Å². The van der Waals surface area contributed by atoms with Crippen molar-refractivity contribution in [3.8, 4) is 0 Å². The average Bonchev–Trinajstić information content (AvgIpc) is 2.11. The first kappa shape index (κ1) is 13.4. The molecule has 0 rings (SSSR count). The largest absolute Gasteiger partial charge is 0.138 e. The number of rotatable bonds is 9. The molecular formula is C12H27P. The van der Waals surface area contributed by atoms with Crippen molar-refractivity contribution >= 4 is 9.24 Å². The Morgan fingerprint density at radius 2 is 1.54 bits per heavy atom. The molecule has 0 aromatic carbocycles. The molecular weight excluding hydrogens is 175 g/mol. The maximum Gasteiger partial charge on any atom is -0.0379 e. The third-order valence-electron chi connectivity index (χ3n) is 2.71. The molecule has 0 heterocycles. The van der Waals surface area contributed by atoms with E-state index in [0.29, 0.717) is 0 Å². The van der Waals surface area contributed by atoms with Gasteiger partial charge < -0.3 is 0 Å². The first-order valence-corrected chi connectivity index (χ1v) is 6.83. The lowest BCUT2D eigenvalue weighted by molar-refractivity contribution is 0.474. The summed E-state index contributed by atoms with van der Waals surface area (Å²) < 4.78 is 0. The van der Waals surface area contributed by atoms with Crippen molar-refractivity contribution in [2.24, 2.45) is 5.92 Å². The Bertz CT molecular complexity index is 91.1. The Balaban J connectivity index is 2.97. The third kappa shape index (κ3) is 10.4. The second-order valence-corrected chi connectivity index (χ2v) is 4.82. The molecule has 0 saturated heterocycles. The number of hydrogen-bond acceptors (Lipinski definition) is 0. The highest BCUT2D eigenvalue weighted by Crippen LogP contribution is 2.15. The van der Waals surface area contributed by atoms with Gasteiger partial charge in [-0.05, 0) is 18.5 Å². The Labute approximate surface area is 87.1 Å². The van der Waals surface area contributed by atoms with Crippen LogP contribution in [0.3, 0.4) is 0 Å². The topological polar surface area (TPSA) is 0 Å². The van der Waals surface area contributed by atoms with Crippen molar-refractivity contribution < 1.29 is 0 Å². The minimum absolute atomic E-state index is 0.948. The molecule has 0 amide bonds. The van der Waals surface area contributed by atoms with E-state index in [4.69, 9.17) is 0 Å². The van der Waals surface area contributed by atoms with Gasteiger partial charge in [-0.25, -0.2) is 0 Å². The summed E-state index contributed by atoms with van der Waals surface area (Å²) in [4.78, 5) is 0. The quantitative estimate of drug-likeness (QED) is 0.377. The van der Waals surface area contributed by atoms with Gasteiger partial charge in [0.25, 0.3) is 0 Å². The van der Waals surface area contributed by atoms with Gasteiger partial charge in [0.15, 0.2) is 0 Å². The predicted octanol–water partition coefficient (Wildman–Crippen LogP) is 4.64. The smallest absolute Gasteiger partial charge is 0.0379 e. The molecule has 0 saturated carbocycles. The molecule has 0 aliphatic rings. The predicted molar refractivity (Wildman–Crippen MR) is 66.4 cm³/mol. The van der Waals surface area contributed by atoms with Crippen LogP contribution in [-0.4, -0.2) is 6.16 Å². The van der Waals surface area contributed by atoms with Gasteiger partial charge in [-0.3, -0.25) is 0 Å². The highest BCUT2D eigenvalue weighted by Gasteiger charge is 1.99. The lowest BCUT2D eigenvalue weighted by Gasteiger charge is -2.08. The first-order chi connectivity index (χ1) is 6.31. The third-order valence-corrected chi connectivity index (χ3v) is 3.04. The van der Waals surface area contributed by atoms with E-state index in [0.717, 1.165) is 5.92 Å². The van der Waals surface area contributed by atoms with Crippen LogP contribution in [0, 0.1) is 5.92 Å². The van der Waals surface area contributed by atoms with E-state index in [1.54, 1.807) is 0 Å². The average molecular weight is 202 g/mol. The highest BCUT2D eigenvalue weighted by atomic mass is 31.0. The van der Waals surface area contributed by atoms with Crippen LogP contribution in [0.25, 0.3) is 0 Å². The Kier molecular flexibility index (Phi) is 10.9. The van der Waals surface area contributed by atoms with Crippen LogP contribution in [0.15, 0.2) is 0 Å². The second-order valence-electron chi connectivity index (χ2n) is 4.24. The van der Waals surface area contributed by atoms with E-state index in [2.05, 4.69) is 23.1 Å². The van der Waals surface area contributed by atoms with E-state index in [1.165, 1.54) is 57.5 Å². The molecule has 0 fully saturated rings. The molecule has 80 valence electrons. The molecule has 0 aliphatic heterocycles. The fraction of sp³-hybridized carbons (Fsp3) is 1.00. The summed E-state index contributed by atoms with van der Waals surface area (Å²) in [5.74, 6) is 0.948. The van der Waals surface area contributed by atoms with Gasteiger partial charge in [-0.15, -0.1) is 9.24 Å². The normalized spacial score (nSPS) is 13.2. The van der Waals surface area contributed by atoms with E-state index in [1.807, 2.05) is 0 Å². The van der Waals surface area contributed by atoms with Crippen LogP contribution < -0.4 is 0 Å². The SMILES string of the molecule is CCCCCCCCC(C)CCP. The van der Waals surface area contributed by atoms with Crippen molar-refractivity contribution in [3.05, 3.63) is 0 Å². The van der Waals surface area contributed by atoms with Gasteiger partial charge in [-0.2, -0.15) is 0 Å². The van der Waals surface area contributed by atoms with Gasteiger partial charge in [-0.1, -0.05) is 58.8 Å². The van der Waals surface area contributed by atoms with E-state index >= 15 is 0 Å². The monoisotopic (exact) mass is 202 g/mol. The summed E-state index contributed by atoms with van der Waals surface area (Å²) in [5.41, 5.74) is 0. The molecule has 0 aromatic heterocycles. The van der Waals surface area contributed by atoms with Gasteiger partial charge >= 0.3 is 0 Å². The molecule has 2 atom stereocenters. The molecule has 2 unspecified atom stereocenters. The maximum atomic E-state index is 2.82. The minimum atomic E-state index is 0.948. The summed E-state index contributed by atoms with van der Waals surface area (Å²) in [7, 11) is 2.82. The maximum absolute atomic E-state index is 2.82. The molecule has 13 heavy (non-hydrogen) atoms. The zero-order valence-electron chi connectivity index (χ0n) is 9.52. The molecule has 0 aromatic rings. The Hall–Kier alpha value is 0.430. The van der Waals surface area contributed by atoms with Crippen molar-refractivity contribution in [3.63, 3.8) is 0 Å². The molecule has 0 aliphatic carbocycles. The minimum Gasteiger partial charge on any atom is -0.138 e. The number of hydrogen-bond donors (Lipinski definition) is 0. The molecule has 0 N–H and O–H groups in total. The van der Waals surface area contributed by atoms with Crippen LogP contribution >= 0.6 is 9.24 Å². The zero-order chi connectivity index (χ0) is 9.94. The zero-order valence-corrected chi connectivity index (χ0v) is 10.7. The van der Waals surface area contributed by atoms with Crippen molar-refractivity contribution in [1.82, 2.24) is 0 Å². The first-order valence-electron chi connectivity index (χ1n) is 6.01. The van der Waals surface area contributed by atoms with Crippen LogP contribution in [0.1, 0.15) is 65.2 Å². The summed E-state index contributed by atoms with van der Waals surface area (Å²) in [6.07, 6.45) is 12.7. The number of unbranched alkanes of at least 4 members (excludes halogenated alkanes) is 5. The second kappa shape index (κ2) is 10.5. The molecule has 1 heteroatoms. The molecule has 0 spiro atoms. The molecule has 0 nitrogen and oxygen atoms in total. The van der Waals surface area contributed by atoms with Crippen LogP contribution in [0.2, 0.25) is 0 Å². The summed E-state index contributed by atoms with van der Waals surface area (Å²) >= 11 is 0. The standard InChI is InChI=1S/C12H27P/c1-3-4-5-6-7-8-9-12(2)10-11-13/h12H,3-11,13H2,1-2H3.